The van der Waals surface area contributed by atoms with E-state index in [1.807, 2.05) is 6.07 Å². The Morgan fingerprint density at radius 1 is 1.23 bits per heavy atom. The van der Waals surface area contributed by atoms with Crippen LogP contribution in [0.15, 0.2) is 24.3 Å². The van der Waals surface area contributed by atoms with Gasteiger partial charge in [0.25, 0.3) is 0 Å². The van der Waals surface area contributed by atoms with E-state index in [4.69, 9.17) is 0 Å². The van der Waals surface area contributed by atoms with Gasteiger partial charge in [0.1, 0.15) is 0 Å². The molecule has 0 aliphatic carbocycles. The summed E-state index contributed by atoms with van der Waals surface area (Å²) in [5.41, 5.74) is 2.63. The molecule has 68 valence electrons. The number of fused-ring (bicyclic) bond motifs is 1. The van der Waals surface area contributed by atoms with Gasteiger partial charge in [0.05, 0.1) is 0 Å². The van der Waals surface area contributed by atoms with Crippen LogP contribution in [0.5, 0.6) is 0 Å². The molecule has 0 fully saturated rings. The third kappa shape index (κ3) is 1.54. The maximum absolute atomic E-state index is 4.54. The zero-order valence-electron chi connectivity index (χ0n) is 8.11. The molecule has 3 heteroatoms. The second kappa shape index (κ2) is 2.93. The van der Waals surface area contributed by atoms with Gasteiger partial charge in [0, 0.05) is 0 Å². The predicted molar refractivity (Wildman–Crippen MR) is 53.9 cm³/mol. The molecule has 0 spiro atoms. The van der Waals surface area contributed by atoms with Gasteiger partial charge in [-0.3, -0.25) is 0 Å². The summed E-state index contributed by atoms with van der Waals surface area (Å²) < 4.78 is 6.92. The molecule has 2 rings (SSSR count). The SMILES string of the molecule is CC(C)(C)[n+]1[se]nc2ccccc21. The van der Waals surface area contributed by atoms with Crippen LogP contribution in [0.3, 0.4) is 0 Å². The van der Waals surface area contributed by atoms with Gasteiger partial charge in [0.15, 0.2) is 0 Å². The number of hydrogen-bond donors (Lipinski definition) is 0. The van der Waals surface area contributed by atoms with Crippen molar-refractivity contribution in [3.05, 3.63) is 24.3 Å². The molecular formula is C10H13N2Se+. The molecule has 0 saturated carbocycles. The average Bonchev–Trinajstić information content (AvgIpc) is 2.45. The Labute approximate surface area is 84.4 Å². The van der Waals surface area contributed by atoms with Gasteiger partial charge in [-0.05, 0) is 0 Å². The van der Waals surface area contributed by atoms with Gasteiger partial charge in [-0.2, -0.15) is 0 Å². The molecule has 0 unspecified atom stereocenters. The summed E-state index contributed by atoms with van der Waals surface area (Å²) in [6.07, 6.45) is 0. The second-order valence-corrected chi connectivity index (χ2v) is 5.62. The van der Waals surface area contributed by atoms with Crippen molar-refractivity contribution in [3.63, 3.8) is 0 Å². The van der Waals surface area contributed by atoms with Crippen LogP contribution in [0.4, 0.5) is 0 Å². The Kier molecular flexibility index (Phi) is 2.01. The second-order valence-electron chi connectivity index (χ2n) is 4.13. The minimum atomic E-state index is 0.191. The van der Waals surface area contributed by atoms with Crippen LogP contribution in [-0.4, -0.2) is 18.9 Å². The zero-order chi connectivity index (χ0) is 9.47. The number of nitrogens with zero attached hydrogens (tertiary/aromatic N) is 2. The van der Waals surface area contributed by atoms with E-state index in [1.54, 1.807) is 0 Å². The minimum absolute atomic E-state index is 0.191. The van der Waals surface area contributed by atoms with E-state index in [2.05, 4.69) is 46.5 Å². The molecule has 0 saturated heterocycles. The maximum atomic E-state index is 4.54. The van der Waals surface area contributed by atoms with Crippen molar-refractivity contribution in [2.75, 3.05) is 0 Å². The van der Waals surface area contributed by atoms with Gasteiger partial charge in [-0.25, -0.2) is 0 Å². The van der Waals surface area contributed by atoms with Crippen molar-refractivity contribution in [1.29, 1.82) is 0 Å². The molecule has 2 nitrogen and oxygen atoms in total. The van der Waals surface area contributed by atoms with E-state index < -0.39 is 0 Å². The van der Waals surface area contributed by atoms with E-state index in [9.17, 15) is 0 Å². The van der Waals surface area contributed by atoms with E-state index >= 15 is 0 Å². The summed E-state index contributed by atoms with van der Waals surface area (Å²) >= 11 is 0.238. The standard InChI is InChI=1S/C10H13N2Se/c1-10(2,3)12-9-7-5-4-6-8(9)11-13-12/h4-7H,1-3H3/q+1. The van der Waals surface area contributed by atoms with E-state index in [0.717, 1.165) is 5.52 Å². The molecule has 1 aromatic heterocycles. The molecule has 0 bridgehead atoms. The first kappa shape index (κ1) is 8.92. The van der Waals surface area contributed by atoms with Crippen LogP contribution in [-0.2, 0) is 5.54 Å². The molecule has 0 atom stereocenters. The molecule has 0 aliphatic rings. The Hall–Kier alpha value is -0.661. The normalized spacial score (nSPS) is 12.2. The molecular weight excluding hydrogens is 227 g/mol. The average molecular weight is 240 g/mol. The Balaban J connectivity index is 2.72. The Morgan fingerprint density at radius 3 is 2.62 bits per heavy atom. The van der Waals surface area contributed by atoms with Gasteiger partial charge in [-0.1, -0.05) is 0 Å². The first-order valence-electron chi connectivity index (χ1n) is 4.36. The predicted octanol–water partition coefficient (Wildman–Crippen LogP) is 1.33. The Morgan fingerprint density at radius 2 is 1.92 bits per heavy atom. The number of para-hydroxylation sites is 1. The fraction of sp³-hybridized carbons (Fsp3) is 0.400. The third-order valence-electron chi connectivity index (χ3n) is 1.93. The number of benzene rings is 1. The molecule has 0 radical (unpaired) electrons. The number of rotatable bonds is 0. The Bertz CT molecular complexity index is 426. The quantitative estimate of drug-likeness (QED) is 0.635. The van der Waals surface area contributed by atoms with Crippen LogP contribution < -0.4 is 3.56 Å². The van der Waals surface area contributed by atoms with Crippen molar-refractivity contribution >= 4 is 26.0 Å². The van der Waals surface area contributed by atoms with Crippen LogP contribution >= 0.6 is 0 Å². The first-order valence-corrected chi connectivity index (χ1v) is 5.90. The van der Waals surface area contributed by atoms with Crippen molar-refractivity contribution in [3.8, 4) is 0 Å². The van der Waals surface area contributed by atoms with E-state index in [1.165, 1.54) is 5.52 Å². The van der Waals surface area contributed by atoms with Gasteiger partial charge < -0.3 is 0 Å². The van der Waals surface area contributed by atoms with Crippen molar-refractivity contribution < 1.29 is 3.56 Å². The monoisotopic (exact) mass is 241 g/mol. The summed E-state index contributed by atoms with van der Waals surface area (Å²) in [4.78, 5) is 0. The first-order chi connectivity index (χ1) is 6.09. The van der Waals surface area contributed by atoms with E-state index in [-0.39, 0.29) is 20.5 Å². The fourth-order valence-corrected chi connectivity index (χ4v) is 3.03. The molecule has 0 amide bonds. The molecule has 1 heterocycles. The third-order valence-corrected chi connectivity index (χ3v) is 4.42. The molecule has 0 N–H and O–H groups in total. The molecule has 1 aromatic carbocycles. The van der Waals surface area contributed by atoms with Crippen LogP contribution in [0.2, 0.25) is 0 Å². The van der Waals surface area contributed by atoms with Gasteiger partial charge in [0.2, 0.25) is 0 Å². The number of aromatic nitrogens is 2. The number of hydrogen-bond acceptors (Lipinski definition) is 1. The summed E-state index contributed by atoms with van der Waals surface area (Å²) in [5, 5.41) is 0. The van der Waals surface area contributed by atoms with Gasteiger partial charge in [-0.15, -0.1) is 0 Å². The summed E-state index contributed by atoms with van der Waals surface area (Å²) in [5.74, 6) is 0. The van der Waals surface area contributed by atoms with Crippen molar-refractivity contribution in [2.24, 2.45) is 0 Å². The zero-order valence-corrected chi connectivity index (χ0v) is 9.83. The molecule has 13 heavy (non-hydrogen) atoms. The fourth-order valence-electron chi connectivity index (χ4n) is 1.33. The molecule has 2 aromatic rings. The van der Waals surface area contributed by atoms with Crippen molar-refractivity contribution in [1.82, 2.24) is 3.98 Å². The van der Waals surface area contributed by atoms with Crippen LogP contribution in [0.25, 0.3) is 11.0 Å². The van der Waals surface area contributed by atoms with Gasteiger partial charge >= 0.3 is 84.1 Å². The van der Waals surface area contributed by atoms with Crippen LogP contribution in [0, 0.1) is 0 Å². The van der Waals surface area contributed by atoms with Crippen LogP contribution in [0.1, 0.15) is 20.8 Å². The summed E-state index contributed by atoms with van der Waals surface area (Å²) in [7, 11) is 0. The summed E-state index contributed by atoms with van der Waals surface area (Å²) in [6, 6.07) is 8.36. The van der Waals surface area contributed by atoms with E-state index in [0.29, 0.717) is 0 Å². The summed E-state index contributed by atoms with van der Waals surface area (Å²) in [6.45, 7) is 6.69. The molecule has 0 aliphatic heterocycles. The topological polar surface area (TPSA) is 16.8 Å². The van der Waals surface area contributed by atoms with Crippen molar-refractivity contribution in [2.45, 2.75) is 26.3 Å².